The van der Waals surface area contributed by atoms with E-state index in [9.17, 15) is 9.90 Å². The molecule has 0 saturated carbocycles. The smallest absolute Gasteiger partial charge is 0.336 e. The van der Waals surface area contributed by atoms with Gasteiger partial charge in [0.05, 0.1) is 5.56 Å². The molecule has 0 aliphatic heterocycles. The maximum Gasteiger partial charge on any atom is 0.336 e. The Morgan fingerprint density at radius 1 is 1.12 bits per heavy atom. The number of nitrogen functional groups attached to an aromatic ring is 1. The molecule has 0 heterocycles. The van der Waals surface area contributed by atoms with Crippen LogP contribution in [0.2, 0.25) is 0 Å². The van der Waals surface area contributed by atoms with Crippen molar-refractivity contribution in [2.45, 2.75) is 6.92 Å². The molecular formula is C14H13NO2. The first kappa shape index (κ1) is 11.2. The number of carbonyl (C=O) groups is 1. The van der Waals surface area contributed by atoms with Crippen molar-refractivity contribution in [3.63, 3.8) is 0 Å². The van der Waals surface area contributed by atoms with E-state index in [1.165, 1.54) is 0 Å². The number of carboxylic acid groups (broad SMARTS) is 1. The van der Waals surface area contributed by atoms with Gasteiger partial charge < -0.3 is 10.8 Å². The van der Waals surface area contributed by atoms with Crippen LogP contribution in [0, 0.1) is 6.92 Å². The second-order valence-corrected chi connectivity index (χ2v) is 3.89. The number of aromatic carboxylic acids is 1. The molecule has 0 aromatic heterocycles. The Kier molecular flexibility index (Phi) is 2.83. The predicted octanol–water partition coefficient (Wildman–Crippen LogP) is 2.94. The zero-order valence-corrected chi connectivity index (χ0v) is 9.47. The highest BCUT2D eigenvalue weighted by atomic mass is 16.4. The van der Waals surface area contributed by atoms with Crippen molar-refractivity contribution in [1.29, 1.82) is 0 Å². The molecule has 2 rings (SSSR count). The summed E-state index contributed by atoms with van der Waals surface area (Å²) in [6.45, 7) is 1.94. The van der Waals surface area contributed by atoms with Crippen molar-refractivity contribution in [3.8, 4) is 11.1 Å². The largest absolute Gasteiger partial charge is 0.478 e. The second kappa shape index (κ2) is 4.29. The molecule has 0 saturated heterocycles. The van der Waals surface area contributed by atoms with Gasteiger partial charge in [0.2, 0.25) is 0 Å². The lowest BCUT2D eigenvalue weighted by molar-refractivity contribution is 0.0698. The molecule has 0 amide bonds. The first-order valence-corrected chi connectivity index (χ1v) is 5.29. The molecule has 17 heavy (non-hydrogen) atoms. The maximum atomic E-state index is 11.2. The zero-order valence-electron chi connectivity index (χ0n) is 9.47. The molecule has 2 aromatic rings. The molecule has 3 heteroatoms. The van der Waals surface area contributed by atoms with Gasteiger partial charge in [0.25, 0.3) is 0 Å². The molecule has 3 N–H and O–H groups in total. The zero-order chi connectivity index (χ0) is 12.4. The fourth-order valence-electron chi connectivity index (χ4n) is 1.90. The van der Waals surface area contributed by atoms with Gasteiger partial charge in [-0.2, -0.15) is 0 Å². The van der Waals surface area contributed by atoms with Crippen molar-refractivity contribution >= 4 is 11.7 Å². The predicted molar refractivity (Wildman–Crippen MR) is 68.0 cm³/mol. The van der Waals surface area contributed by atoms with Crippen LogP contribution in [0.4, 0.5) is 5.69 Å². The summed E-state index contributed by atoms with van der Waals surface area (Å²) in [7, 11) is 0. The molecule has 0 aliphatic carbocycles. The van der Waals surface area contributed by atoms with Gasteiger partial charge in [-0.3, -0.25) is 0 Å². The van der Waals surface area contributed by atoms with Crippen LogP contribution in [0.5, 0.6) is 0 Å². The highest BCUT2D eigenvalue weighted by Gasteiger charge is 2.15. The number of carboxylic acids is 1. The maximum absolute atomic E-state index is 11.2. The molecule has 0 radical (unpaired) electrons. The number of hydrogen-bond donors (Lipinski definition) is 2. The molecule has 2 aromatic carbocycles. The van der Waals surface area contributed by atoms with Crippen LogP contribution < -0.4 is 5.73 Å². The van der Waals surface area contributed by atoms with Gasteiger partial charge in [-0.15, -0.1) is 0 Å². The minimum Gasteiger partial charge on any atom is -0.478 e. The minimum atomic E-state index is -0.962. The lowest BCUT2D eigenvalue weighted by Gasteiger charge is -2.11. The van der Waals surface area contributed by atoms with Crippen molar-refractivity contribution in [1.82, 2.24) is 0 Å². The first-order chi connectivity index (χ1) is 8.11. The molecular weight excluding hydrogens is 214 g/mol. The van der Waals surface area contributed by atoms with Crippen LogP contribution >= 0.6 is 0 Å². The highest BCUT2D eigenvalue weighted by Crippen LogP contribution is 2.31. The molecule has 0 spiro atoms. The third-order valence-electron chi connectivity index (χ3n) is 2.74. The standard InChI is InChI=1S/C14H13NO2/c1-9-5-2-3-6-10(9)13-11(14(16)17)7-4-8-12(13)15/h2-8H,15H2,1H3,(H,16,17). The van der Waals surface area contributed by atoms with Crippen LogP contribution in [0.25, 0.3) is 11.1 Å². The van der Waals surface area contributed by atoms with E-state index in [0.717, 1.165) is 11.1 Å². The highest BCUT2D eigenvalue weighted by molar-refractivity contribution is 6.00. The molecule has 0 bridgehead atoms. The quantitative estimate of drug-likeness (QED) is 0.775. The van der Waals surface area contributed by atoms with Crippen molar-refractivity contribution in [2.24, 2.45) is 0 Å². The van der Waals surface area contributed by atoms with E-state index in [0.29, 0.717) is 11.3 Å². The van der Waals surface area contributed by atoms with E-state index < -0.39 is 5.97 Å². The van der Waals surface area contributed by atoms with Gasteiger partial charge in [0.15, 0.2) is 0 Å². The van der Waals surface area contributed by atoms with Gasteiger partial charge in [0, 0.05) is 11.3 Å². The monoisotopic (exact) mass is 227 g/mol. The van der Waals surface area contributed by atoms with Crippen molar-refractivity contribution < 1.29 is 9.90 Å². The lowest BCUT2D eigenvalue weighted by Crippen LogP contribution is -2.03. The SMILES string of the molecule is Cc1ccccc1-c1c(N)cccc1C(=O)O. The van der Waals surface area contributed by atoms with E-state index in [1.807, 2.05) is 31.2 Å². The Labute approximate surface area is 99.5 Å². The molecule has 0 atom stereocenters. The summed E-state index contributed by atoms with van der Waals surface area (Å²) in [5.41, 5.74) is 9.08. The topological polar surface area (TPSA) is 63.3 Å². The van der Waals surface area contributed by atoms with Crippen LogP contribution in [0.3, 0.4) is 0 Å². The lowest BCUT2D eigenvalue weighted by atomic mass is 9.94. The number of anilines is 1. The second-order valence-electron chi connectivity index (χ2n) is 3.89. The number of rotatable bonds is 2. The Morgan fingerprint density at radius 2 is 1.82 bits per heavy atom. The number of aryl methyl sites for hydroxylation is 1. The van der Waals surface area contributed by atoms with Crippen LogP contribution in [-0.4, -0.2) is 11.1 Å². The Morgan fingerprint density at radius 3 is 2.47 bits per heavy atom. The Hall–Kier alpha value is -2.29. The van der Waals surface area contributed by atoms with E-state index in [1.54, 1.807) is 18.2 Å². The normalized spacial score (nSPS) is 10.2. The van der Waals surface area contributed by atoms with E-state index in [2.05, 4.69) is 0 Å². The number of benzene rings is 2. The van der Waals surface area contributed by atoms with Crippen LogP contribution in [0.1, 0.15) is 15.9 Å². The van der Waals surface area contributed by atoms with Gasteiger partial charge in [-0.05, 0) is 30.2 Å². The summed E-state index contributed by atoms with van der Waals surface area (Å²) < 4.78 is 0. The van der Waals surface area contributed by atoms with Crippen molar-refractivity contribution in [2.75, 3.05) is 5.73 Å². The molecule has 3 nitrogen and oxygen atoms in total. The fraction of sp³-hybridized carbons (Fsp3) is 0.0714. The van der Waals surface area contributed by atoms with Crippen molar-refractivity contribution in [3.05, 3.63) is 53.6 Å². The minimum absolute atomic E-state index is 0.235. The molecule has 0 aliphatic rings. The van der Waals surface area contributed by atoms with Gasteiger partial charge in [0.1, 0.15) is 0 Å². The Bertz CT molecular complexity index is 576. The van der Waals surface area contributed by atoms with E-state index >= 15 is 0 Å². The summed E-state index contributed by atoms with van der Waals surface area (Å²) in [5.74, 6) is -0.962. The van der Waals surface area contributed by atoms with Crippen LogP contribution in [-0.2, 0) is 0 Å². The number of nitrogens with two attached hydrogens (primary N) is 1. The van der Waals surface area contributed by atoms with E-state index in [4.69, 9.17) is 5.73 Å². The summed E-state index contributed by atoms with van der Waals surface area (Å²) >= 11 is 0. The third kappa shape index (κ3) is 1.99. The summed E-state index contributed by atoms with van der Waals surface area (Å²) in [6, 6.07) is 12.6. The van der Waals surface area contributed by atoms with Gasteiger partial charge in [-0.25, -0.2) is 4.79 Å². The average molecular weight is 227 g/mol. The number of hydrogen-bond acceptors (Lipinski definition) is 2. The van der Waals surface area contributed by atoms with Crippen LogP contribution in [0.15, 0.2) is 42.5 Å². The van der Waals surface area contributed by atoms with Gasteiger partial charge in [-0.1, -0.05) is 30.3 Å². The Balaban J connectivity index is 2.75. The molecule has 0 fully saturated rings. The summed E-state index contributed by atoms with van der Waals surface area (Å²) in [4.78, 5) is 11.2. The fourth-order valence-corrected chi connectivity index (χ4v) is 1.90. The molecule has 0 unspecified atom stereocenters. The summed E-state index contributed by atoms with van der Waals surface area (Å²) in [6.07, 6.45) is 0. The molecule has 86 valence electrons. The average Bonchev–Trinajstić information content (AvgIpc) is 2.30. The summed E-state index contributed by atoms with van der Waals surface area (Å²) in [5, 5.41) is 9.19. The van der Waals surface area contributed by atoms with Gasteiger partial charge >= 0.3 is 5.97 Å². The first-order valence-electron chi connectivity index (χ1n) is 5.29. The van der Waals surface area contributed by atoms with E-state index in [-0.39, 0.29) is 5.56 Å². The third-order valence-corrected chi connectivity index (χ3v) is 2.74.